The molecule has 0 spiro atoms. The zero-order valence-corrected chi connectivity index (χ0v) is 15.2. The van der Waals surface area contributed by atoms with Crippen LogP contribution in [0.5, 0.6) is 0 Å². The summed E-state index contributed by atoms with van der Waals surface area (Å²) in [6, 6.07) is 0.478. The number of unbranched alkanes of at least 4 members (excludes halogenated alkanes) is 1. The standard InChI is InChI=1S/C18H33N5/c1-15(2)7-5-6-9-21-18(19-4)22-11-8-16(3)17(13-22)23-12-10-20-14-23/h10,12,14-17H,5-9,11,13H2,1-4H3,(H,19,21). The number of guanidine groups is 1. The van der Waals surface area contributed by atoms with Crippen LogP contribution < -0.4 is 5.32 Å². The number of hydrogen-bond acceptors (Lipinski definition) is 2. The van der Waals surface area contributed by atoms with Crippen LogP contribution in [0.25, 0.3) is 0 Å². The van der Waals surface area contributed by atoms with Crippen molar-refractivity contribution >= 4 is 5.96 Å². The van der Waals surface area contributed by atoms with Crippen molar-refractivity contribution in [3.05, 3.63) is 18.7 Å². The third-order valence-electron chi connectivity index (χ3n) is 4.83. The van der Waals surface area contributed by atoms with E-state index in [2.05, 4.69) is 51.7 Å². The highest BCUT2D eigenvalue weighted by Gasteiger charge is 2.28. The number of rotatable bonds is 6. The van der Waals surface area contributed by atoms with Crippen molar-refractivity contribution in [3.8, 4) is 0 Å². The Kier molecular flexibility index (Phi) is 6.93. The van der Waals surface area contributed by atoms with Crippen LogP contribution in [0.2, 0.25) is 0 Å². The van der Waals surface area contributed by atoms with Crippen LogP contribution in [0.15, 0.2) is 23.7 Å². The summed E-state index contributed by atoms with van der Waals surface area (Å²) >= 11 is 0. The lowest BCUT2D eigenvalue weighted by Crippen LogP contribution is -2.49. The Hall–Kier alpha value is -1.52. The molecule has 1 saturated heterocycles. The molecule has 1 aromatic heterocycles. The van der Waals surface area contributed by atoms with Crippen molar-refractivity contribution in [2.75, 3.05) is 26.7 Å². The minimum atomic E-state index is 0.478. The summed E-state index contributed by atoms with van der Waals surface area (Å²) < 4.78 is 2.24. The van der Waals surface area contributed by atoms with Gasteiger partial charge in [0.2, 0.25) is 0 Å². The average molecular weight is 319 g/mol. The van der Waals surface area contributed by atoms with Gasteiger partial charge in [-0.05, 0) is 24.7 Å². The van der Waals surface area contributed by atoms with Crippen molar-refractivity contribution in [2.24, 2.45) is 16.8 Å². The van der Waals surface area contributed by atoms with Crippen molar-refractivity contribution in [2.45, 2.75) is 52.5 Å². The number of likely N-dealkylation sites (tertiary alicyclic amines) is 1. The number of nitrogens with one attached hydrogen (secondary N) is 1. The van der Waals surface area contributed by atoms with Crippen LogP contribution in [0.1, 0.15) is 52.5 Å². The van der Waals surface area contributed by atoms with Gasteiger partial charge in [0, 0.05) is 39.1 Å². The van der Waals surface area contributed by atoms with Gasteiger partial charge in [-0.25, -0.2) is 4.98 Å². The normalized spacial score (nSPS) is 22.7. The van der Waals surface area contributed by atoms with Gasteiger partial charge < -0.3 is 14.8 Å². The third kappa shape index (κ3) is 5.26. The van der Waals surface area contributed by atoms with E-state index >= 15 is 0 Å². The minimum Gasteiger partial charge on any atom is -0.356 e. The minimum absolute atomic E-state index is 0.478. The molecule has 1 aliphatic heterocycles. The summed E-state index contributed by atoms with van der Waals surface area (Å²) in [5.41, 5.74) is 0. The largest absolute Gasteiger partial charge is 0.356 e. The van der Waals surface area contributed by atoms with Gasteiger partial charge >= 0.3 is 0 Å². The first-order chi connectivity index (χ1) is 11.1. The molecule has 5 nitrogen and oxygen atoms in total. The van der Waals surface area contributed by atoms with Gasteiger partial charge in [0.05, 0.1) is 12.4 Å². The summed E-state index contributed by atoms with van der Waals surface area (Å²) in [4.78, 5) is 11.1. The van der Waals surface area contributed by atoms with Crippen LogP contribution >= 0.6 is 0 Å². The monoisotopic (exact) mass is 319 g/mol. The molecular formula is C18H33N5. The SMILES string of the molecule is CN=C(NCCCCC(C)C)N1CCC(C)C(n2ccnc2)C1. The maximum atomic E-state index is 4.49. The van der Waals surface area contributed by atoms with Crippen molar-refractivity contribution in [1.82, 2.24) is 19.8 Å². The highest BCUT2D eigenvalue weighted by atomic mass is 15.3. The highest BCUT2D eigenvalue weighted by Crippen LogP contribution is 2.27. The van der Waals surface area contributed by atoms with Crippen LogP contribution in [-0.4, -0.2) is 47.1 Å². The van der Waals surface area contributed by atoms with Gasteiger partial charge in [-0.3, -0.25) is 4.99 Å². The van der Waals surface area contributed by atoms with Crippen LogP contribution in [0.3, 0.4) is 0 Å². The number of hydrogen-bond donors (Lipinski definition) is 1. The Morgan fingerprint density at radius 3 is 2.87 bits per heavy atom. The fraction of sp³-hybridized carbons (Fsp3) is 0.778. The zero-order chi connectivity index (χ0) is 16.7. The molecule has 1 fully saturated rings. The number of imidazole rings is 1. The van der Waals surface area contributed by atoms with Gasteiger partial charge in [-0.1, -0.05) is 33.6 Å². The van der Waals surface area contributed by atoms with E-state index in [4.69, 9.17) is 0 Å². The van der Waals surface area contributed by atoms with E-state index in [9.17, 15) is 0 Å². The molecule has 2 rings (SSSR count). The lowest BCUT2D eigenvalue weighted by Gasteiger charge is -2.39. The number of aliphatic imine (C=N–C) groups is 1. The first-order valence-electron chi connectivity index (χ1n) is 9.04. The van der Waals surface area contributed by atoms with E-state index in [-0.39, 0.29) is 0 Å². The van der Waals surface area contributed by atoms with Gasteiger partial charge in [0.1, 0.15) is 0 Å². The molecule has 0 radical (unpaired) electrons. The lowest BCUT2D eigenvalue weighted by atomic mass is 9.93. The zero-order valence-electron chi connectivity index (χ0n) is 15.2. The van der Waals surface area contributed by atoms with Gasteiger partial charge in [-0.15, -0.1) is 0 Å². The quantitative estimate of drug-likeness (QED) is 0.498. The molecule has 0 aromatic carbocycles. The van der Waals surface area contributed by atoms with Crippen LogP contribution in [0, 0.1) is 11.8 Å². The van der Waals surface area contributed by atoms with Gasteiger partial charge in [0.25, 0.3) is 0 Å². The fourth-order valence-electron chi connectivity index (χ4n) is 3.31. The van der Waals surface area contributed by atoms with Crippen LogP contribution in [-0.2, 0) is 0 Å². The summed E-state index contributed by atoms with van der Waals surface area (Å²) in [5.74, 6) is 2.52. The summed E-state index contributed by atoms with van der Waals surface area (Å²) in [5, 5.41) is 3.54. The number of aromatic nitrogens is 2. The highest BCUT2D eigenvalue weighted by molar-refractivity contribution is 5.80. The molecule has 1 aliphatic rings. The predicted molar refractivity (Wildman–Crippen MR) is 96.7 cm³/mol. The second-order valence-corrected chi connectivity index (χ2v) is 7.15. The predicted octanol–water partition coefficient (Wildman–Crippen LogP) is 3.17. The maximum absolute atomic E-state index is 4.49. The summed E-state index contributed by atoms with van der Waals surface area (Å²) in [7, 11) is 1.89. The van der Waals surface area contributed by atoms with E-state index in [0.717, 1.165) is 31.5 Å². The van der Waals surface area contributed by atoms with E-state index < -0.39 is 0 Å². The Balaban J connectivity index is 1.84. The topological polar surface area (TPSA) is 45.5 Å². The Morgan fingerprint density at radius 2 is 2.22 bits per heavy atom. The first kappa shape index (κ1) is 17.8. The molecule has 1 aromatic rings. The first-order valence-corrected chi connectivity index (χ1v) is 9.04. The molecule has 1 N–H and O–H groups in total. The number of nitrogens with zero attached hydrogens (tertiary/aromatic N) is 4. The molecule has 130 valence electrons. The second-order valence-electron chi connectivity index (χ2n) is 7.15. The molecule has 2 heterocycles. The molecule has 5 heteroatoms. The second kappa shape index (κ2) is 8.94. The van der Waals surface area contributed by atoms with Gasteiger partial charge in [0.15, 0.2) is 5.96 Å². The molecule has 2 atom stereocenters. The van der Waals surface area contributed by atoms with E-state index in [1.165, 1.54) is 25.7 Å². The van der Waals surface area contributed by atoms with E-state index in [1.54, 1.807) is 0 Å². The molecule has 2 unspecified atom stereocenters. The molecule has 0 amide bonds. The van der Waals surface area contributed by atoms with Gasteiger partial charge in [-0.2, -0.15) is 0 Å². The Morgan fingerprint density at radius 1 is 1.39 bits per heavy atom. The molecular weight excluding hydrogens is 286 g/mol. The smallest absolute Gasteiger partial charge is 0.193 e. The lowest BCUT2D eigenvalue weighted by molar-refractivity contribution is 0.189. The summed E-state index contributed by atoms with van der Waals surface area (Å²) in [6.45, 7) is 10.0. The van der Waals surface area contributed by atoms with E-state index in [0.29, 0.717) is 12.0 Å². The molecule has 0 saturated carbocycles. The van der Waals surface area contributed by atoms with Crippen molar-refractivity contribution < 1.29 is 0 Å². The van der Waals surface area contributed by atoms with Crippen molar-refractivity contribution in [3.63, 3.8) is 0 Å². The fourth-order valence-corrected chi connectivity index (χ4v) is 3.31. The van der Waals surface area contributed by atoms with Crippen molar-refractivity contribution in [1.29, 1.82) is 0 Å². The van der Waals surface area contributed by atoms with E-state index in [1.807, 2.05) is 19.6 Å². The Bertz CT molecular complexity index is 466. The Labute approximate surface area is 141 Å². The average Bonchev–Trinajstić information content (AvgIpc) is 3.05. The molecule has 0 aliphatic carbocycles. The summed E-state index contributed by atoms with van der Waals surface area (Å²) in [6.07, 6.45) is 10.9. The molecule has 23 heavy (non-hydrogen) atoms. The van der Waals surface area contributed by atoms with Crippen LogP contribution in [0.4, 0.5) is 0 Å². The molecule has 0 bridgehead atoms. The number of piperidine rings is 1. The third-order valence-corrected chi connectivity index (χ3v) is 4.83. The maximum Gasteiger partial charge on any atom is 0.193 e.